The van der Waals surface area contributed by atoms with Crippen LogP contribution in [0.25, 0.3) is 0 Å². The maximum absolute atomic E-state index is 11.2. The Hall–Kier alpha value is -1.35. The lowest BCUT2D eigenvalue weighted by Crippen LogP contribution is -2.36. The fourth-order valence-corrected chi connectivity index (χ4v) is 2.31. The molecule has 0 radical (unpaired) electrons. The monoisotopic (exact) mass is 205 g/mol. The molecule has 1 aromatic rings. The van der Waals surface area contributed by atoms with Crippen LogP contribution in [0, 0.1) is 5.92 Å². The number of nitrogens with one attached hydrogen (secondary N) is 1. The molecule has 0 unspecified atom stereocenters. The zero-order chi connectivity index (χ0) is 10.9. The molecule has 80 valence electrons. The lowest BCUT2D eigenvalue weighted by atomic mass is 9.74. The molecule has 0 saturated carbocycles. The first kappa shape index (κ1) is 10.2. The van der Waals surface area contributed by atoms with E-state index in [4.69, 9.17) is 0 Å². The highest BCUT2D eigenvalue weighted by atomic mass is 16.4. The summed E-state index contributed by atoms with van der Waals surface area (Å²) in [6.45, 7) is 3.30. The van der Waals surface area contributed by atoms with Gasteiger partial charge in [-0.1, -0.05) is 37.3 Å². The van der Waals surface area contributed by atoms with Crippen molar-refractivity contribution in [3.05, 3.63) is 35.9 Å². The molecule has 15 heavy (non-hydrogen) atoms. The summed E-state index contributed by atoms with van der Waals surface area (Å²) in [5.74, 6) is -1.05. The number of rotatable bonds is 2. The van der Waals surface area contributed by atoms with E-state index in [9.17, 15) is 9.90 Å². The van der Waals surface area contributed by atoms with Gasteiger partial charge in [0.1, 0.15) is 0 Å². The highest BCUT2D eigenvalue weighted by Crippen LogP contribution is 2.35. The fourth-order valence-electron chi connectivity index (χ4n) is 2.31. The second-order valence-electron chi connectivity index (χ2n) is 4.31. The Morgan fingerprint density at radius 1 is 1.47 bits per heavy atom. The first-order valence-corrected chi connectivity index (χ1v) is 5.13. The van der Waals surface area contributed by atoms with Crippen molar-refractivity contribution in [3.63, 3.8) is 0 Å². The SMILES string of the molecule is C[C@@]1(c2ccccc2)CNC[C@@H]1C(=O)O. The smallest absolute Gasteiger partial charge is 0.308 e. The Kier molecular flexibility index (Phi) is 2.49. The minimum absolute atomic E-state index is 0.285. The Morgan fingerprint density at radius 3 is 2.73 bits per heavy atom. The average molecular weight is 205 g/mol. The number of aliphatic carboxylic acids is 1. The van der Waals surface area contributed by atoms with Crippen molar-refractivity contribution in [2.75, 3.05) is 13.1 Å². The van der Waals surface area contributed by atoms with Crippen LogP contribution >= 0.6 is 0 Å². The fraction of sp³-hybridized carbons (Fsp3) is 0.417. The van der Waals surface area contributed by atoms with Gasteiger partial charge < -0.3 is 10.4 Å². The summed E-state index contributed by atoms with van der Waals surface area (Å²) >= 11 is 0. The number of hydrogen-bond acceptors (Lipinski definition) is 2. The molecule has 2 rings (SSSR count). The zero-order valence-electron chi connectivity index (χ0n) is 8.73. The van der Waals surface area contributed by atoms with Gasteiger partial charge >= 0.3 is 5.97 Å². The lowest BCUT2D eigenvalue weighted by Gasteiger charge is -2.28. The predicted molar refractivity (Wildman–Crippen MR) is 57.8 cm³/mol. The van der Waals surface area contributed by atoms with E-state index in [1.165, 1.54) is 0 Å². The quantitative estimate of drug-likeness (QED) is 0.764. The number of carboxylic acids is 1. The normalized spacial score (nSPS) is 30.3. The third-order valence-electron chi connectivity index (χ3n) is 3.34. The molecule has 0 aliphatic carbocycles. The van der Waals surface area contributed by atoms with Crippen molar-refractivity contribution in [2.24, 2.45) is 5.92 Å². The Morgan fingerprint density at radius 2 is 2.13 bits per heavy atom. The summed E-state index contributed by atoms with van der Waals surface area (Å²) in [5, 5.41) is 12.3. The van der Waals surface area contributed by atoms with E-state index in [1.54, 1.807) is 0 Å². The van der Waals surface area contributed by atoms with Gasteiger partial charge in [-0.05, 0) is 5.56 Å². The molecule has 3 nitrogen and oxygen atoms in total. The number of hydrogen-bond donors (Lipinski definition) is 2. The predicted octanol–water partition coefficient (Wildman–Crippen LogP) is 1.25. The zero-order valence-corrected chi connectivity index (χ0v) is 8.73. The van der Waals surface area contributed by atoms with Gasteiger partial charge in [-0.25, -0.2) is 0 Å². The van der Waals surface area contributed by atoms with E-state index >= 15 is 0 Å². The molecule has 0 spiro atoms. The Labute approximate surface area is 89.1 Å². The van der Waals surface area contributed by atoms with Gasteiger partial charge in [-0.15, -0.1) is 0 Å². The van der Waals surface area contributed by atoms with Crippen molar-refractivity contribution in [1.29, 1.82) is 0 Å². The van der Waals surface area contributed by atoms with E-state index in [0.717, 1.165) is 12.1 Å². The maximum atomic E-state index is 11.2. The third kappa shape index (κ3) is 1.63. The lowest BCUT2D eigenvalue weighted by molar-refractivity contribution is -0.142. The van der Waals surface area contributed by atoms with Crippen LogP contribution in [0.1, 0.15) is 12.5 Å². The summed E-state index contributed by atoms with van der Waals surface area (Å²) in [6, 6.07) is 9.87. The van der Waals surface area contributed by atoms with Crippen molar-refractivity contribution >= 4 is 5.97 Å². The van der Waals surface area contributed by atoms with E-state index in [1.807, 2.05) is 37.3 Å². The molecule has 2 atom stereocenters. The average Bonchev–Trinajstić information content (AvgIpc) is 2.63. The van der Waals surface area contributed by atoms with Crippen LogP contribution in [0.15, 0.2) is 30.3 Å². The Bertz CT molecular complexity index is 363. The van der Waals surface area contributed by atoms with Crippen LogP contribution in [0.5, 0.6) is 0 Å². The van der Waals surface area contributed by atoms with Crippen LogP contribution in [-0.2, 0) is 10.2 Å². The second-order valence-corrected chi connectivity index (χ2v) is 4.31. The molecule has 3 heteroatoms. The van der Waals surface area contributed by atoms with Crippen molar-refractivity contribution in [1.82, 2.24) is 5.32 Å². The molecule has 2 N–H and O–H groups in total. The molecule has 1 aromatic carbocycles. The van der Waals surface area contributed by atoms with Gasteiger partial charge in [-0.2, -0.15) is 0 Å². The van der Waals surface area contributed by atoms with Crippen LogP contribution < -0.4 is 5.32 Å². The molecule has 1 aliphatic heterocycles. The van der Waals surface area contributed by atoms with Crippen molar-refractivity contribution in [3.8, 4) is 0 Å². The van der Waals surface area contributed by atoms with E-state index in [2.05, 4.69) is 5.32 Å². The molecule has 1 aliphatic rings. The molecule has 0 amide bonds. The van der Waals surface area contributed by atoms with Gasteiger partial charge in [0.15, 0.2) is 0 Å². The number of benzene rings is 1. The standard InChI is InChI=1S/C12H15NO2/c1-12(9-5-3-2-4-6-9)8-13-7-10(12)11(14)15/h2-6,10,13H,7-8H2,1H3,(H,14,15)/t10-,12+/m1/s1. The van der Waals surface area contributed by atoms with E-state index < -0.39 is 5.97 Å². The molecule has 1 heterocycles. The highest BCUT2D eigenvalue weighted by molar-refractivity contribution is 5.73. The van der Waals surface area contributed by atoms with Gasteiger partial charge in [-0.3, -0.25) is 4.79 Å². The molecule has 0 aromatic heterocycles. The van der Waals surface area contributed by atoms with Gasteiger partial charge in [0, 0.05) is 18.5 Å². The molecule has 0 bridgehead atoms. The third-order valence-corrected chi connectivity index (χ3v) is 3.34. The van der Waals surface area contributed by atoms with E-state index in [0.29, 0.717) is 6.54 Å². The molecular formula is C12H15NO2. The van der Waals surface area contributed by atoms with Crippen LogP contribution in [0.3, 0.4) is 0 Å². The number of carbonyl (C=O) groups is 1. The van der Waals surface area contributed by atoms with Gasteiger partial charge in [0.05, 0.1) is 5.92 Å². The van der Waals surface area contributed by atoms with E-state index in [-0.39, 0.29) is 11.3 Å². The highest BCUT2D eigenvalue weighted by Gasteiger charge is 2.44. The molecule has 1 fully saturated rings. The first-order valence-electron chi connectivity index (χ1n) is 5.13. The summed E-state index contributed by atoms with van der Waals surface area (Å²) in [4.78, 5) is 11.2. The minimum Gasteiger partial charge on any atom is -0.481 e. The number of carboxylic acid groups (broad SMARTS) is 1. The minimum atomic E-state index is -0.716. The summed E-state index contributed by atoms with van der Waals surface area (Å²) in [7, 11) is 0. The van der Waals surface area contributed by atoms with Crippen molar-refractivity contribution < 1.29 is 9.90 Å². The van der Waals surface area contributed by atoms with Crippen LogP contribution in [0.4, 0.5) is 0 Å². The Balaban J connectivity index is 2.37. The topological polar surface area (TPSA) is 49.3 Å². The summed E-state index contributed by atoms with van der Waals surface area (Å²) in [6.07, 6.45) is 0. The summed E-state index contributed by atoms with van der Waals surface area (Å²) in [5.41, 5.74) is 0.815. The van der Waals surface area contributed by atoms with Gasteiger partial charge in [0.25, 0.3) is 0 Å². The van der Waals surface area contributed by atoms with Crippen LogP contribution in [0.2, 0.25) is 0 Å². The second kappa shape index (κ2) is 3.66. The maximum Gasteiger partial charge on any atom is 0.308 e. The van der Waals surface area contributed by atoms with Crippen LogP contribution in [-0.4, -0.2) is 24.2 Å². The summed E-state index contributed by atoms with van der Waals surface area (Å²) < 4.78 is 0. The van der Waals surface area contributed by atoms with Crippen molar-refractivity contribution in [2.45, 2.75) is 12.3 Å². The first-order chi connectivity index (χ1) is 7.14. The molecule has 1 saturated heterocycles. The molecular weight excluding hydrogens is 190 g/mol. The van der Waals surface area contributed by atoms with Gasteiger partial charge in [0.2, 0.25) is 0 Å². The largest absolute Gasteiger partial charge is 0.481 e.